The van der Waals surface area contributed by atoms with Crippen LogP contribution in [0.3, 0.4) is 0 Å². The number of nitrogens with one attached hydrogen (secondary N) is 3. The number of sulfonamides is 2. The Kier molecular flexibility index (Phi) is 11.4. The second-order valence-electron chi connectivity index (χ2n) is 12.6. The molecule has 13 heteroatoms. The summed E-state index contributed by atoms with van der Waals surface area (Å²) in [6.07, 6.45) is 1.08. The van der Waals surface area contributed by atoms with Crippen LogP contribution in [-0.4, -0.2) is 89.9 Å². The zero-order valence-corrected chi connectivity index (χ0v) is 28.8. The zero-order chi connectivity index (χ0) is 33.7. The van der Waals surface area contributed by atoms with Crippen molar-refractivity contribution < 1.29 is 31.4 Å². The fraction of sp³-hybridized carbons (Fsp3) is 0.471. The molecule has 2 atom stereocenters. The van der Waals surface area contributed by atoms with Crippen molar-refractivity contribution in [2.45, 2.75) is 73.2 Å². The molecule has 2 saturated heterocycles. The molecule has 2 heterocycles. The minimum Gasteiger partial charge on any atom is -0.491 e. The summed E-state index contributed by atoms with van der Waals surface area (Å²) >= 11 is 0. The van der Waals surface area contributed by atoms with E-state index in [-0.39, 0.29) is 29.0 Å². The minimum atomic E-state index is -3.67. The quantitative estimate of drug-likeness (QED) is 0.201. The van der Waals surface area contributed by atoms with Gasteiger partial charge in [0.05, 0.1) is 22.0 Å². The first kappa shape index (κ1) is 35.4. The molecular formula is C34H46N4O7S2. The maximum atomic E-state index is 13.7. The first-order chi connectivity index (χ1) is 22.4. The van der Waals surface area contributed by atoms with E-state index in [9.17, 15) is 21.9 Å². The van der Waals surface area contributed by atoms with E-state index < -0.39 is 31.8 Å². The van der Waals surface area contributed by atoms with Crippen LogP contribution in [0.2, 0.25) is 0 Å². The predicted octanol–water partition coefficient (Wildman–Crippen LogP) is 3.10. The summed E-state index contributed by atoms with van der Waals surface area (Å²) < 4.78 is 67.1. The summed E-state index contributed by atoms with van der Waals surface area (Å²) in [7, 11) is -5.93. The highest BCUT2D eigenvalue weighted by Gasteiger charge is 2.44. The third-order valence-corrected chi connectivity index (χ3v) is 12.1. The van der Waals surface area contributed by atoms with Crippen molar-refractivity contribution in [2.75, 3.05) is 39.9 Å². The highest BCUT2D eigenvalue weighted by molar-refractivity contribution is 7.89. The molecule has 2 aliphatic rings. The van der Waals surface area contributed by atoms with E-state index in [1.165, 1.54) is 24.7 Å². The Morgan fingerprint density at radius 1 is 0.957 bits per heavy atom. The zero-order valence-electron chi connectivity index (χ0n) is 27.2. The van der Waals surface area contributed by atoms with Gasteiger partial charge < -0.3 is 25.2 Å². The lowest BCUT2D eigenvalue weighted by Gasteiger charge is -2.38. The fourth-order valence-corrected chi connectivity index (χ4v) is 8.24. The predicted molar refractivity (Wildman–Crippen MR) is 181 cm³/mol. The van der Waals surface area contributed by atoms with Gasteiger partial charge >= 0.3 is 0 Å². The van der Waals surface area contributed by atoms with Crippen LogP contribution in [0.15, 0.2) is 82.6 Å². The van der Waals surface area contributed by atoms with E-state index in [1.807, 2.05) is 18.2 Å². The van der Waals surface area contributed by atoms with Crippen molar-refractivity contribution in [2.24, 2.45) is 0 Å². The highest BCUT2D eigenvalue weighted by Crippen LogP contribution is 2.37. The van der Waals surface area contributed by atoms with Gasteiger partial charge in [-0.25, -0.2) is 21.6 Å². The van der Waals surface area contributed by atoms with Crippen molar-refractivity contribution in [3.8, 4) is 16.9 Å². The summed E-state index contributed by atoms with van der Waals surface area (Å²) in [6.45, 7) is 6.47. The third-order valence-electron chi connectivity index (χ3n) is 8.79. The largest absolute Gasteiger partial charge is 0.491 e. The maximum Gasteiger partial charge on any atom is 0.243 e. The smallest absolute Gasteiger partial charge is 0.243 e. The van der Waals surface area contributed by atoms with E-state index >= 15 is 0 Å². The van der Waals surface area contributed by atoms with Crippen LogP contribution < -0.4 is 20.1 Å². The average molecular weight is 687 g/mol. The molecule has 1 spiro atoms. The Morgan fingerprint density at radius 2 is 1.66 bits per heavy atom. The van der Waals surface area contributed by atoms with Crippen LogP contribution in [0.1, 0.15) is 38.7 Å². The number of hydrogen-bond acceptors (Lipinski definition) is 9. The molecule has 0 aromatic heterocycles. The van der Waals surface area contributed by atoms with Gasteiger partial charge in [0, 0.05) is 44.3 Å². The molecule has 47 heavy (non-hydrogen) atoms. The topological polar surface area (TPSA) is 146 Å². The maximum absolute atomic E-state index is 13.7. The first-order valence-electron chi connectivity index (χ1n) is 16.0. The minimum absolute atomic E-state index is 0.0100. The first-order valence-corrected chi connectivity index (χ1v) is 19.0. The van der Waals surface area contributed by atoms with Crippen LogP contribution in [0, 0.1) is 0 Å². The summed E-state index contributed by atoms with van der Waals surface area (Å²) in [5.41, 5.74) is 2.60. The monoisotopic (exact) mass is 686 g/mol. The normalized spacial score (nSPS) is 19.3. The van der Waals surface area contributed by atoms with Gasteiger partial charge in [0.25, 0.3) is 0 Å². The molecule has 3 aromatic rings. The van der Waals surface area contributed by atoms with Gasteiger partial charge in [-0.3, -0.25) is 0 Å². The molecule has 2 fully saturated rings. The number of nitrogens with zero attached hydrogens (tertiary/aromatic N) is 1. The lowest BCUT2D eigenvalue weighted by molar-refractivity contribution is -0.0312. The number of ether oxygens (including phenoxy) is 2. The van der Waals surface area contributed by atoms with Gasteiger partial charge in [0.15, 0.2) is 0 Å². The lowest BCUT2D eigenvalue weighted by atomic mass is 9.88. The summed E-state index contributed by atoms with van der Waals surface area (Å²) in [4.78, 5) is 0.372. The Balaban J connectivity index is 1.10. The van der Waals surface area contributed by atoms with Crippen LogP contribution in [0.5, 0.6) is 5.75 Å². The van der Waals surface area contributed by atoms with Crippen LogP contribution in [-0.2, 0) is 31.3 Å². The summed E-state index contributed by atoms with van der Waals surface area (Å²) in [6, 6.07) is 21.8. The molecule has 5 rings (SSSR count). The van der Waals surface area contributed by atoms with Gasteiger partial charge in [-0.2, -0.15) is 4.31 Å². The van der Waals surface area contributed by atoms with Crippen LogP contribution in [0.25, 0.3) is 11.1 Å². The van der Waals surface area contributed by atoms with E-state index in [0.29, 0.717) is 44.3 Å². The van der Waals surface area contributed by atoms with Gasteiger partial charge in [-0.1, -0.05) is 56.3 Å². The van der Waals surface area contributed by atoms with Crippen LogP contribution >= 0.6 is 0 Å². The Morgan fingerprint density at radius 3 is 2.36 bits per heavy atom. The molecule has 0 bridgehead atoms. The number of benzene rings is 3. The third kappa shape index (κ3) is 8.98. The second-order valence-corrected chi connectivity index (χ2v) is 16.4. The molecule has 11 nitrogen and oxygen atoms in total. The molecule has 2 aliphatic heterocycles. The molecule has 3 aromatic carbocycles. The van der Waals surface area contributed by atoms with Crippen molar-refractivity contribution in [3.05, 3.63) is 78.4 Å². The number of hydrogen-bond donors (Lipinski definition) is 4. The van der Waals surface area contributed by atoms with Gasteiger partial charge in [0.1, 0.15) is 18.5 Å². The van der Waals surface area contributed by atoms with Crippen molar-refractivity contribution in [1.29, 1.82) is 0 Å². The molecule has 0 radical (unpaired) electrons. The molecular weight excluding hydrogens is 641 g/mol. The number of rotatable bonds is 14. The van der Waals surface area contributed by atoms with E-state index in [4.69, 9.17) is 9.47 Å². The molecule has 0 aliphatic carbocycles. The standard InChI is InChI=1S/C34H46N4O7S2/c1-25(2)36-21-26-10-12-27(13-11-26)28-6-4-9-33(18-28)47(42,43)38-16-14-34(15-17-38)20-29(23-45-34)37-22-30(39)24-44-31-7-5-8-32(19-31)46(40,41)35-3/h4-13,18-19,25,29-30,35-37,39H,14-17,20-24H2,1-3H3/t29-,30?/m0/s1. The van der Waals surface area contributed by atoms with E-state index in [2.05, 4.69) is 41.3 Å². The van der Waals surface area contributed by atoms with Gasteiger partial charge in [-0.15, -0.1) is 0 Å². The van der Waals surface area contributed by atoms with E-state index in [1.54, 1.807) is 34.6 Å². The second kappa shape index (κ2) is 15.1. The lowest BCUT2D eigenvalue weighted by Crippen LogP contribution is -2.47. The molecule has 256 valence electrons. The van der Waals surface area contributed by atoms with Crippen LogP contribution in [0.4, 0.5) is 0 Å². The molecule has 4 N–H and O–H groups in total. The molecule has 0 amide bonds. The number of aliphatic hydroxyl groups is 1. The van der Waals surface area contributed by atoms with Gasteiger partial charge in [-0.05, 0) is 67.3 Å². The molecule has 0 saturated carbocycles. The van der Waals surface area contributed by atoms with Gasteiger partial charge in [0.2, 0.25) is 20.0 Å². The van der Waals surface area contributed by atoms with Crippen molar-refractivity contribution >= 4 is 20.0 Å². The Labute approximate surface area is 278 Å². The Hall–Kier alpha value is -2.88. The average Bonchev–Trinajstić information content (AvgIpc) is 3.47. The highest BCUT2D eigenvalue weighted by atomic mass is 32.2. The van der Waals surface area contributed by atoms with Crippen molar-refractivity contribution in [3.63, 3.8) is 0 Å². The van der Waals surface area contributed by atoms with E-state index in [0.717, 1.165) is 24.1 Å². The SMILES string of the molecule is CNS(=O)(=O)c1cccc(OCC(O)CN[C@@H]2COC3(CCN(S(=O)(=O)c4cccc(-c5ccc(CNC(C)C)cc5)c4)CC3)C2)c1. The molecule has 1 unspecified atom stereocenters. The summed E-state index contributed by atoms with van der Waals surface area (Å²) in [5.74, 6) is 0.348. The number of piperidine rings is 1. The Bertz CT molecular complexity index is 1710. The number of aliphatic hydroxyl groups excluding tert-OH is 1. The fourth-order valence-electron chi connectivity index (χ4n) is 5.98. The summed E-state index contributed by atoms with van der Waals surface area (Å²) in [5, 5.41) is 17.2. The van der Waals surface area contributed by atoms with Crippen molar-refractivity contribution in [1.82, 2.24) is 19.7 Å².